The Hall–Kier alpha value is -1.75. The molecule has 0 aliphatic rings. The molecule has 1 unspecified atom stereocenters. The third kappa shape index (κ3) is 2.73. The number of benzene rings is 1. The molecule has 1 heterocycles. The quantitative estimate of drug-likeness (QED) is 0.910. The van der Waals surface area contributed by atoms with E-state index in [0.717, 1.165) is 11.8 Å². The SMILES string of the molecule is Cc1cc(C(O)Cc2cc(F)cc(F)c2)n(C)n1. The molecule has 0 saturated heterocycles. The molecular weight excluding hydrogens is 238 g/mol. The van der Waals surface area contributed by atoms with Crippen LogP contribution in [0.25, 0.3) is 0 Å². The lowest BCUT2D eigenvalue weighted by Crippen LogP contribution is -2.08. The third-order valence-electron chi connectivity index (χ3n) is 2.73. The van der Waals surface area contributed by atoms with Crippen LogP contribution < -0.4 is 0 Å². The second-order valence-corrected chi connectivity index (χ2v) is 4.33. The molecule has 0 aliphatic heterocycles. The Morgan fingerprint density at radius 3 is 2.33 bits per heavy atom. The number of nitrogens with zero attached hydrogens (tertiary/aromatic N) is 2. The highest BCUT2D eigenvalue weighted by Crippen LogP contribution is 2.20. The summed E-state index contributed by atoms with van der Waals surface area (Å²) in [6, 6.07) is 5.00. The Balaban J connectivity index is 2.20. The topological polar surface area (TPSA) is 38.0 Å². The van der Waals surface area contributed by atoms with E-state index in [9.17, 15) is 13.9 Å². The van der Waals surface area contributed by atoms with Gasteiger partial charge in [0.2, 0.25) is 0 Å². The van der Waals surface area contributed by atoms with Gasteiger partial charge in [-0.05, 0) is 30.7 Å². The van der Waals surface area contributed by atoms with Crippen LogP contribution in [0.2, 0.25) is 0 Å². The third-order valence-corrected chi connectivity index (χ3v) is 2.73. The van der Waals surface area contributed by atoms with Crippen LogP contribution in [0.15, 0.2) is 24.3 Å². The summed E-state index contributed by atoms with van der Waals surface area (Å²) in [5, 5.41) is 14.2. The molecule has 96 valence electrons. The number of aryl methyl sites for hydroxylation is 2. The minimum atomic E-state index is -0.836. The number of hydrogen-bond acceptors (Lipinski definition) is 2. The van der Waals surface area contributed by atoms with Gasteiger partial charge in [-0.3, -0.25) is 4.68 Å². The lowest BCUT2D eigenvalue weighted by molar-refractivity contribution is 0.168. The van der Waals surface area contributed by atoms with E-state index in [1.54, 1.807) is 17.8 Å². The van der Waals surface area contributed by atoms with E-state index < -0.39 is 17.7 Å². The summed E-state index contributed by atoms with van der Waals surface area (Å²) in [5.41, 5.74) is 1.83. The number of rotatable bonds is 3. The fraction of sp³-hybridized carbons (Fsp3) is 0.308. The minimum Gasteiger partial charge on any atom is -0.386 e. The van der Waals surface area contributed by atoms with Crippen LogP contribution in [0.4, 0.5) is 8.78 Å². The average molecular weight is 252 g/mol. The van der Waals surface area contributed by atoms with Gasteiger partial charge in [0.25, 0.3) is 0 Å². The second-order valence-electron chi connectivity index (χ2n) is 4.33. The lowest BCUT2D eigenvalue weighted by Gasteiger charge is -2.11. The Kier molecular flexibility index (Phi) is 3.43. The summed E-state index contributed by atoms with van der Waals surface area (Å²) >= 11 is 0. The van der Waals surface area contributed by atoms with Gasteiger partial charge in [-0.2, -0.15) is 5.10 Å². The van der Waals surface area contributed by atoms with Gasteiger partial charge in [0.05, 0.1) is 17.5 Å². The Morgan fingerprint density at radius 2 is 1.83 bits per heavy atom. The highest BCUT2D eigenvalue weighted by atomic mass is 19.1. The van der Waals surface area contributed by atoms with Gasteiger partial charge in [-0.25, -0.2) is 8.78 Å². The van der Waals surface area contributed by atoms with Crippen molar-refractivity contribution in [1.82, 2.24) is 9.78 Å². The van der Waals surface area contributed by atoms with Crippen LogP contribution in [0.3, 0.4) is 0 Å². The van der Waals surface area contributed by atoms with Crippen LogP contribution in [0.1, 0.15) is 23.1 Å². The highest BCUT2D eigenvalue weighted by Gasteiger charge is 2.14. The molecule has 1 aromatic carbocycles. The van der Waals surface area contributed by atoms with Crippen molar-refractivity contribution in [2.75, 3.05) is 0 Å². The molecule has 0 amide bonds. The largest absolute Gasteiger partial charge is 0.386 e. The average Bonchev–Trinajstić information content (AvgIpc) is 2.56. The first-order valence-electron chi connectivity index (χ1n) is 5.59. The Bertz CT molecular complexity index is 546. The number of hydrogen-bond donors (Lipinski definition) is 1. The molecule has 1 aromatic heterocycles. The highest BCUT2D eigenvalue weighted by molar-refractivity contribution is 5.21. The zero-order chi connectivity index (χ0) is 13.3. The Morgan fingerprint density at radius 1 is 1.22 bits per heavy atom. The molecule has 5 heteroatoms. The summed E-state index contributed by atoms with van der Waals surface area (Å²) in [7, 11) is 1.72. The number of halogens is 2. The second kappa shape index (κ2) is 4.86. The van der Waals surface area contributed by atoms with Gasteiger partial charge in [-0.15, -0.1) is 0 Å². The van der Waals surface area contributed by atoms with Gasteiger partial charge in [0.1, 0.15) is 11.6 Å². The lowest BCUT2D eigenvalue weighted by atomic mass is 10.1. The van der Waals surface area contributed by atoms with Gasteiger partial charge in [0, 0.05) is 19.5 Å². The van der Waals surface area contributed by atoms with Crippen molar-refractivity contribution in [2.24, 2.45) is 7.05 Å². The molecule has 0 aliphatic carbocycles. The van der Waals surface area contributed by atoms with Crippen molar-refractivity contribution in [3.63, 3.8) is 0 Å². The molecular formula is C13H14F2N2O. The van der Waals surface area contributed by atoms with Crippen molar-refractivity contribution in [1.29, 1.82) is 0 Å². The number of aliphatic hydroxyl groups excluding tert-OH is 1. The first kappa shape index (κ1) is 12.7. The molecule has 1 N–H and O–H groups in total. The first-order valence-corrected chi connectivity index (χ1v) is 5.59. The van der Waals surface area contributed by atoms with Crippen molar-refractivity contribution in [3.05, 3.63) is 52.9 Å². The van der Waals surface area contributed by atoms with Crippen molar-refractivity contribution < 1.29 is 13.9 Å². The standard InChI is InChI=1S/C13H14F2N2O/c1-8-3-12(17(2)16-8)13(18)6-9-4-10(14)7-11(15)5-9/h3-5,7,13,18H,6H2,1-2H3. The predicted octanol–water partition coefficient (Wildman–Crippen LogP) is 2.28. The smallest absolute Gasteiger partial charge is 0.126 e. The number of aromatic nitrogens is 2. The number of aliphatic hydroxyl groups is 1. The van der Waals surface area contributed by atoms with Crippen LogP contribution in [-0.4, -0.2) is 14.9 Å². The van der Waals surface area contributed by atoms with E-state index in [1.165, 1.54) is 12.1 Å². The molecule has 0 radical (unpaired) electrons. The van der Waals surface area contributed by atoms with Gasteiger partial charge < -0.3 is 5.11 Å². The maximum absolute atomic E-state index is 13.0. The molecule has 3 nitrogen and oxygen atoms in total. The maximum atomic E-state index is 13.0. The van der Waals surface area contributed by atoms with Crippen LogP contribution in [-0.2, 0) is 13.5 Å². The van der Waals surface area contributed by atoms with E-state index in [2.05, 4.69) is 5.10 Å². The van der Waals surface area contributed by atoms with Crippen molar-refractivity contribution in [3.8, 4) is 0 Å². The van der Waals surface area contributed by atoms with Crippen molar-refractivity contribution in [2.45, 2.75) is 19.4 Å². The van der Waals surface area contributed by atoms with Crippen LogP contribution in [0.5, 0.6) is 0 Å². The fourth-order valence-corrected chi connectivity index (χ4v) is 2.00. The van der Waals surface area contributed by atoms with E-state index in [-0.39, 0.29) is 6.42 Å². The first-order chi connectivity index (χ1) is 8.45. The molecule has 2 rings (SSSR count). The van der Waals surface area contributed by atoms with Crippen molar-refractivity contribution >= 4 is 0 Å². The van der Waals surface area contributed by atoms with Gasteiger partial charge in [0.15, 0.2) is 0 Å². The van der Waals surface area contributed by atoms with E-state index in [1.807, 2.05) is 6.92 Å². The monoisotopic (exact) mass is 252 g/mol. The molecule has 0 spiro atoms. The fourth-order valence-electron chi connectivity index (χ4n) is 2.00. The van der Waals surface area contributed by atoms with Gasteiger partial charge in [-0.1, -0.05) is 0 Å². The molecule has 1 atom stereocenters. The molecule has 2 aromatic rings. The zero-order valence-electron chi connectivity index (χ0n) is 10.2. The predicted molar refractivity (Wildman–Crippen MR) is 63.0 cm³/mol. The molecule has 18 heavy (non-hydrogen) atoms. The maximum Gasteiger partial charge on any atom is 0.126 e. The van der Waals surface area contributed by atoms with E-state index in [0.29, 0.717) is 11.3 Å². The zero-order valence-corrected chi connectivity index (χ0v) is 10.2. The summed E-state index contributed by atoms with van der Waals surface area (Å²) in [6.07, 6.45) is -0.689. The molecule has 0 saturated carbocycles. The minimum absolute atomic E-state index is 0.146. The summed E-state index contributed by atoms with van der Waals surface area (Å²) in [4.78, 5) is 0. The van der Waals surface area contributed by atoms with Crippen LogP contribution >= 0.6 is 0 Å². The van der Waals surface area contributed by atoms with E-state index >= 15 is 0 Å². The normalized spacial score (nSPS) is 12.7. The summed E-state index contributed by atoms with van der Waals surface area (Å²) < 4.78 is 27.6. The summed E-state index contributed by atoms with van der Waals surface area (Å²) in [5.74, 6) is -1.28. The van der Waals surface area contributed by atoms with Crippen LogP contribution in [0, 0.1) is 18.6 Å². The molecule has 0 bridgehead atoms. The molecule has 0 fully saturated rings. The Labute approximate surface area is 104 Å². The van der Waals surface area contributed by atoms with Gasteiger partial charge >= 0.3 is 0 Å². The van der Waals surface area contributed by atoms with E-state index in [4.69, 9.17) is 0 Å². The summed E-state index contributed by atoms with van der Waals surface area (Å²) in [6.45, 7) is 1.82.